The monoisotopic (exact) mass is 490 g/mol. The van der Waals surface area contributed by atoms with Crippen LogP contribution in [0.2, 0.25) is 25.1 Å². The predicted molar refractivity (Wildman–Crippen MR) is 117 cm³/mol. The minimum atomic E-state index is -0.480. The molecule has 0 bridgehead atoms. The number of ether oxygens (including phenoxy) is 1. The van der Waals surface area contributed by atoms with Crippen molar-refractivity contribution < 1.29 is 13.9 Å². The fraction of sp³-hybridized carbons (Fsp3) is 0.0526. The van der Waals surface area contributed by atoms with Crippen molar-refractivity contribution in [3.63, 3.8) is 0 Å². The first kappa shape index (κ1) is 21.8. The lowest BCUT2D eigenvalue weighted by atomic mass is 10.2. The number of rotatable bonds is 6. The number of amides is 1. The third kappa shape index (κ3) is 5.81. The van der Waals surface area contributed by atoms with Crippen LogP contribution in [-0.4, -0.2) is 18.7 Å². The van der Waals surface area contributed by atoms with Crippen molar-refractivity contribution in [3.8, 4) is 17.1 Å². The molecule has 0 unspecified atom stereocenters. The van der Waals surface area contributed by atoms with E-state index in [-0.39, 0.29) is 6.61 Å². The number of nitrogens with one attached hydrogen (secondary N) is 1. The Morgan fingerprint density at radius 1 is 0.966 bits per heavy atom. The second kappa shape index (κ2) is 9.74. The Hall–Kier alpha value is -1.89. The molecule has 1 heterocycles. The van der Waals surface area contributed by atoms with Crippen LogP contribution >= 0.6 is 58.0 Å². The lowest BCUT2D eigenvalue weighted by molar-refractivity contribution is -0.123. The molecule has 150 valence electrons. The number of hydrogen-bond acceptors (Lipinski definition) is 4. The number of halogens is 5. The quantitative estimate of drug-likeness (QED) is 0.235. The van der Waals surface area contributed by atoms with E-state index in [0.717, 1.165) is 0 Å². The molecule has 0 aliphatic carbocycles. The van der Waals surface area contributed by atoms with Gasteiger partial charge in [0, 0.05) is 10.6 Å². The minimum absolute atomic E-state index is 0.277. The molecule has 2 aromatic carbocycles. The summed E-state index contributed by atoms with van der Waals surface area (Å²) in [5.74, 6) is 0.724. The molecule has 0 saturated carbocycles. The number of benzene rings is 2. The lowest BCUT2D eigenvalue weighted by Crippen LogP contribution is -2.24. The van der Waals surface area contributed by atoms with Gasteiger partial charge in [0.2, 0.25) is 0 Å². The SMILES string of the molecule is O=C(COc1ccc(Cl)cc1Cl)N/N=C\c1ccc(-c2cc(Cl)c(Cl)cc2Cl)o1. The van der Waals surface area contributed by atoms with Crippen LogP contribution < -0.4 is 10.2 Å². The van der Waals surface area contributed by atoms with Gasteiger partial charge in [-0.15, -0.1) is 0 Å². The van der Waals surface area contributed by atoms with E-state index in [9.17, 15) is 4.79 Å². The number of carbonyl (C=O) groups is 1. The maximum absolute atomic E-state index is 11.8. The summed E-state index contributed by atoms with van der Waals surface area (Å²) in [4.78, 5) is 11.8. The van der Waals surface area contributed by atoms with Crippen LogP contribution in [0.1, 0.15) is 5.76 Å². The number of hydrogen-bond donors (Lipinski definition) is 1. The zero-order chi connectivity index (χ0) is 21.0. The van der Waals surface area contributed by atoms with Crippen LogP contribution in [0.15, 0.2) is 52.0 Å². The van der Waals surface area contributed by atoms with Crippen molar-refractivity contribution in [2.75, 3.05) is 6.61 Å². The van der Waals surface area contributed by atoms with Gasteiger partial charge in [-0.25, -0.2) is 5.43 Å². The fourth-order valence-corrected chi connectivity index (χ4v) is 3.32. The van der Waals surface area contributed by atoms with Gasteiger partial charge in [0.25, 0.3) is 5.91 Å². The smallest absolute Gasteiger partial charge is 0.277 e. The molecular weight excluding hydrogens is 481 g/mol. The summed E-state index contributed by atoms with van der Waals surface area (Å²) < 4.78 is 10.9. The molecule has 0 radical (unpaired) electrons. The Bertz CT molecular complexity index is 1080. The van der Waals surface area contributed by atoms with Gasteiger partial charge in [0.15, 0.2) is 6.61 Å². The van der Waals surface area contributed by atoms with E-state index in [2.05, 4.69) is 10.5 Å². The van der Waals surface area contributed by atoms with Gasteiger partial charge in [-0.3, -0.25) is 4.79 Å². The van der Waals surface area contributed by atoms with Crippen molar-refractivity contribution in [2.24, 2.45) is 5.10 Å². The Labute approximate surface area is 191 Å². The van der Waals surface area contributed by atoms with Gasteiger partial charge >= 0.3 is 0 Å². The maximum atomic E-state index is 11.8. The first-order chi connectivity index (χ1) is 13.8. The van der Waals surface area contributed by atoms with Crippen LogP contribution in [0, 0.1) is 0 Å². The molecule has 0 atom stereocenters. The number of nitrogens with zero attached hydrogens (tertiary/aromatic N) is 1. The van der Waals surface area contributed by atoms with Crippen LogP contribution in [0.5, 0.6) is 5.75 Å². The zero-order valence-corrected chi connectivity index (χ0v) is 18.2. The summed E-state index contributed by atoms with van der Waals surface area (Å²) in [6.07, 6.45) is 1.34. The van der Waals surface area contributed by atoms with Crippen molar-refractivity contribution in [3.05, 3.63) is 73.3 Å². The molecule has 5 nitrogen and oxygen atoms in total. The maximum Gasteiger partial charge on any atom is 0.277 e. The average Bonchev–Trinajstić information content (AvgIpc) is 3.12. The molecule has 0 fully saturated rings. The highest BCUT2D eigenvalue weighted by atomic mass is 35.5. The second-order valence-corrected chi connectivity index (χ2v) is 7.67. The Kier molecular flexibility index (Phi) is 7.33. The highest BCUT2D eigenvalue weighted by Crippen LogP contribution is 2.35. The van der Waals surface area contributed by atoms with Crippen LogP contribution in [-0.2, 0) is 4.79 Å². The van der Waals surface area contributed by atoms with E-state index in [4.69, 9.17) is 67.2 Å². The van der Waals surface area contributed by atoms with Gasteiger partial charge in [0.1, 0.15) is 17.3 Å². The molecule has 1 aromatic heterocycles. The number of hydrazone groups is 1. The molecular formula is C19H11Cl5N2O3. The van der Waals surface area contributed by atoms with Gasteiger partial charge in [-0.1, -0.05) is 58.0 Å². The molecule has 0 spiro atoms. The Morgan fingerprint density at radius 3 is 2.48 bits per heavy atom. The first-order valence-corrected chi connectivity index (χ1v) is 9.87. The molecule has 1 N–H and O–H groups in total. The van der Waals surface area contributed by atoms with Crippen LogP contribution in [0.25, 0.3) is 11.3 Å². The molecule has 0 aliphatic heterocycles. The average molecular weight is 493 g/mol. The predicted octanol–water partition coefficient (Wildman–Crippen LogP) is 6.74. The van der Waals surface area contributed by atoms with Crippen LogP contribution in [0.3, 0.4) is 0 Å². The summed E-state index contributed by atoms with van der Waals surface area (Å²) in [5, 5.41) is 5.68. The van der Waals surface area contributed by atoms with Crippen molar-refractivity contribution in [2.45, 2.75) is 0 Å². The van der Waals surface area contributed by atoms with Gasteiger partial charge in [-0.2, -0.15) is 5.10 Å². The van der Waals surface area contributed by atoms with Gasteiger partial charge in [0.05, 0.1) is 26.3 Å². The highest BCUT2D eigenvalue weighted by molar-refractivity contribution is 6.44. The van der Waals surface area contributed by atoms with Crippen LogP contribution in [0.4, 0.5) is 0 Å². The number of carbonyl (C=O) groups excluding carboxylic acids is 1. The van der Waals surface area contributed by atoms with E-state index in [1.54, 1.807) is 30.3 Å². The summed E-state index contributed by atoms with van der Waals surface area (Å²) in [6, 6.07) is 11.2. The van der Waals surface area contributed by atoms with Crippen molar-refractivity contribution in [1.82, 2.24) is 5.43 Å². The van der Waals surface area contributed by atoms with E-state index >= 15 is 0 Å². The zero-order valence-electron chi connectivity index (χ0n) is 14.4. The van der Waals surface area contributed by atoms with E-state index < -0.39 is 5.91 Å². The Morgan fingerprint density at radius 2 is 1.72 bits per heavy atom. The van der Waals surface area contributed by atoms with E-state index in [0.29, 0.717) is 47.9 Å². The van der Waals surface area contributed by atoms with Gasteiger partial charge < -0.3 is 9.15 Å². The third-order valence-electron chi connectivity index (χ3n) is 3.54. The number of furan rings is 1. The molecule has 0 saturated heterocycles. The lowest BCUT2D eigenvalue weighted by Gasteiger charge is -2.06. The second-order valence-electron chi connectivity index (χ2n) is 5.60. The molecule has 10 heteroatoms. The Balaban J connectivity index is 1.57. The van der Waals surface area contributed by atoms with E-state index in [1.165, 1.54) is 18.3 Å². The molecule has 3 aromatic rings. The summed E-state index contributed by atoms with van der Waals surface area (Å²) in [7, 11) is 0. The molecule has 0 aliphatic rings. The first-order valence-electron chi connectivity index (χ1n) is 7.98. The van der Waals surface area contributed by atoms with Gasteiger partial charge in [-0.05, 0) is 42.5 Å². The van der Waals surface area contributed by atoms with Crippen molar-refractivity contribution in [1.29, 1.82) is 0 Å². The largest absolute Gasteiger partial charge is 0.482 e. The van der Waals surface area contributed by atoms with E-state index in [1.807, 2.05) is 0 Å². The van der Waals surface area contributed by atoms with Crippen molar-refractivity contribution >= 4 is 70.1 Å². The fourth-order valence-electron chi connectivity index (χ4n) is 2.21. The molecule has 1 amide bonds. The highest BCUT2D eigenvalue weighted by Gasteiger charge is 2.12. The molecule has 29 heavy (non-hydrogen) atoms. The topological polar surface area (TPSA) is 63.8 Å². The standard InChI is InChI=1S/C19H11Cl5N2O3/c20-10-1-3-18(16(24)5-10)28-9-19(27)26-25-8-11-2-4-17(29-11)12-6-14(22)15(23)7-13(12)21/h1-8H,9H2,(H,26,27)/b25-8-. The summed E-state index contributed by atoms with van der Waals surface area (Å²) in [5.41, 5.74) is 2.90. The summed E-state index contributed by atoms with van der Waals surface area (Å²) >= 11 is 29.9. The summed E-state index contributed by atoms with van der Waals surface area (Å²) in [6.45, 7) is -0.277. The normalized spacial score (nSPS) is 11.1. The minimum Gasteiger partial charge on any atom is -0.482 e. The third-order valence-corrected chi connectivity index (χ3v) is 5.10. The molecule has 3 rings (SSSR count).